The van der Waals surface area contributed by atoms with Gasteiger partial charge in [-0.05, 0) is 295 Å². The quantitative estimate of drug-likeness (QED) is 0.0703. The fourth-order valence-corrected chi connectivity index (χ4v) is 16.8. The Morgan fingerprint density at radius 3 is 1.07 bits per heavy atom. The Morgan fingerprint density at radius 2 is 0.692 bits per heavy atom. The van der Waals surface area contributed by atoms with Gasteiger partial charge in [0.2, 0.25) is 0 Å². The molecule has 1 N–H and O–H groups in total. The van der Waals surface area contributed by atoms with Crippen molar-refractivity contribution in [1.29, 1.82) is 0 Å². The van der Waals surface area contributed by atoms with Gasteiger partial charge in [-0.3, -0.25) is 9.97 Å². The van der Waals surface area contributed by atoms with Crippen LogP contribution in [0.1, 0.15) is 103 Å². The predicted octanol–water partition coefficient (Wildman–Crippen LogP) is 26.4. The first kappa shape index (κ1) is 71.4. The van der Waals surface area contributed by atoms with Crippen molar-refractivity contribution in [2.24, 2.45) is 0 Å². The maximum atomic E-state index is 6.32. The average molecular weight is 1630 g/mol. The van der Waals surface area contributed by atoms with Crippen LogP contribution in [0, 0.1) is 3.70 Å². The molecule has 16 aromatic rings. The molecule has 0 bridgehead atoms. The Morgan fingerprint density at radius 1 is 0.327 bits per heavy atom. The number of hydrogen-bond donors (Lipinski definition) is 1. The molecule has 4 aliphatic rings. The Hall–Kier alpha value is -9.86. The minimum absolute atomic E-state index is 0.0128. The second-order valence-corrected chi connectivity index (χ2v) is 33.6. The van der Waals surface area contributed by atoms with Crippen LogP contribution in [0.3, 0.4) is 0 Å². The van der Waals surface area contributed by atoms with Gasteiger partial charge < -0.3 is 19.5 Å². The summed E-state index contributed by atoms with van der Waals surface area (Å²) < 4.78 is 15.7. The summed E-state index contributed by atoms with van der Waals surface area (Å²) >= 11 is 8.91. The van der Waals surface area contributed by atoms with Gasteiger partial charge in [-0.2, -0.15) is 0 Å². The van der Waals surface area contributed by atoms with E-state index in [1.165, 1.54) is 104 Å². The maximum absolute atomic E-state index is 6.32. The molecule has 11 heteroatoms. The van der Waals surface area contributed by atoms with Crippen LogP contribution in [-0.2, 0) is 25.6 Å². The lowest BCUT2D eigenvalue weighted by Crippen LogP contribution is -2.41. The largest absolute Gasteiger partial charge is 0.494 e. The molecule has 1 fully saturated rings. The van der Waals surface area contributed by atoms with Crippen LogP contribution < -0.4 is 15.7 Å². The molecule has 0 unspecified atom stereocenters. The standard InChI is InChI=1S/C34H26N2.C23H25BO2.C22H16BrN.C12H11N.C5H3BrIN/c1-34(2)29-15-9-10-23-16-17-24-20-25(21-30(34)33(24)32(23)29)31-19-18-28(22-35-31)36(26-11-5-3-6-12-26)27-13-7-4-8-14-27;1-21(2)17-9-7-8-14-10-11-15-12-16(13-18(21)20(15)19(14)17)24-25-22(3,4)23(5,6)26-24;1-22(2)17-5-3-4-13-6-7-14-10-15(11-18(22)21(14)20(13)17)19-9-8-16(23)12-24-19;1-3-7-11(8-4-1)13-12-9-5-2-6-10-12;6-4-1-2-5(7)8-3-4/h3-22H,1-2H3;7-13H,1-6H3;3-12H,1-2H3;1-10,13H;1-3H. The van der Waals surface area contributed by atoms with E-state index in [9.17, 15) is 0 Å². The number of aromatic nitrogens is 3. The number of rotatable bonds is 8. The van der Waals surface area contributed by atoms with E-state index in [-0.39, 0.29) is 34.6 Å². The topological polar surface area (TPSA) is 72.4 Å². The smallest absolute Gasteiger partial charge is 0.399 e. The molecule has 20 rings (SSSR count). The average Bonchev–Trinajstić information content (AvgIpc) is 1.56. The second-order valence-electron chi connectivity index (χ2n) is 30.7. The molecule has 0 spiro atoms. The van der Waals surface area contributed by atoms with Crippen LogP contribution in [0.5, 0.6) is 0 Å². The summed E-state index contributed by atoms with van der Waals surface area (Å²) in [5.41, 5.74) is 18.7. The van der Waals surface area contributed by atoms with Gasteiger partial charge in [0.05, 0.1) is 34.5 Å². The number of anilines is 5. The van der Waals surface area contributed by atoms with Crippen LogP contribution in [0.25, 0.3) is 87.1 Å². The monoisotopic (exact) mass is 1630 g/mol. The summed E-state index contributed by atoms with van der Waals surface area (Å²) in [7, 11) is -0.323. The molecule has 1 saturated heterocycles. The number of hydrogen-bond acceptors (Lipinski definition) is 7. The van der Waals surface area contributed by atoms with Crippen molar-refractivity contribution in [3.8, 4) is 22.5 Å². The summed E-state index contributed by atoms with van der Waals surface area (Å²) in [5, 5.41) is 19.6. The van der Waals surface area contributed by atoms with Crippen LogP contribution in [0.4, 0.5) is 28.4 Å². The second kappa shape index (κ2) is 28.4. The Balaban J connectivity index is 0.000000110. The summed E-state index contributed by atoms with van der Waals surface area (Å²) in [4.78, 5) is 15.8. The van der Waals surface area contributed by atoms with Crippen LogP contribution in [0.2, 0.25) is 0 Å². The molecule has 3 aliphatic carbocycles. The summed E-state index contributed by atoms with van der Waals surface area (Å²) in [6, 6.07) is 101. The van der Waals surface area contributed by atoms with Crippen molar-refractivity contribution in [2.75, 3.05) is 10.2 Å². The number of para-hydroxylation sites is 4. The number of benzene rings is 13. The van der Waals surface area contributed by atoms with Gasteiger partial charge >= 0.3 is 7.12 Å². The zero-order valence-corrected chi connectivity index (χ0v) is 67.0. The lowest BCUT2D eigenvalue weighted by atomic mass is 9.74. The highest BCUT2D eigenvalue weighted by Crippen LogP contribution is 2.53. The van der Waals surface area contributed by atoms with E-state index < -0.39 is 0 Å². The summed E-state index contributed by atoms with van der Waals surface area (Å²) in [6.45, 7) is 22.4. The number of pyridine rings is 3. The molecule has 1 aliphatic heterocycles. The van der Waals surface area contributed by atoms with E-state index in [4.69, 9.17) is 14.3 Å². The van der Waals surface area contributed by atoms with Crippen LogP contribution >= 0.6 is 54.5 Å². The SMILES string of the molecule is Brc1ccc(I)nc1.CC1(C)c2cccc3ccc4cc(-c5ccc(Br)cn5)cc1c4c23.CC1(C)c2cccc3ccc4cc(-c5ccc(N(c6ccccc6)c6ccccc6)cn5)cc1c4c23.CC1(C)c2cccc3ccc4cc(B5OC(C)(C)C(C)(C)O5)cc1c4c23.c1ccc(Nc2ccccc2)cc1. The molecule has 107 heavy (non-hydrogen) atoms. The van der Waals surface area contributed by atoms with Gasteiger partial charge in [0, 0.05) is 71.5 Å². The summed E-state index contributed by atoms with van der Waals surface area (Å²) in [5.74, 6) is 0. The normalized spacial score (nSPS) is 15.1. The number of halogens is 3. The third-order valence-corrected chi connectivity index (χ3v) is 23.9. The van der Waals surface area contributed by atoms with E-state index in [2.05, 4.69) is 344 Å². The first-order valence-electron chi connectivity index (χ1n) is 36.5. The third kappa shape index (κ3) is 13.4. The highest BCUT2D eigenvalue weighted by atomic mass is 127. The molecule has 7 nitrogen and oxygen atoms in total. The molecule has 0 saturated carbocycles. The van der Waals surface area contributed by atoms with Crippen molar-refractivity contribution >= 4 is 160 Å². The van der Waals surface area contributed by atoms with E-state index in [0.29, 0.717) is 0 Å². The van der Waals surface area contributed by atoms with Crippen molar-refractivity contribution in [3.05, 3.63) is 350 Å². The zero-order valence-electron chi connectivity index (χ0n) is 61.7. The van der Waals surface area contributed by atoms with Gasteiger partial charge in [0.1, 0.15) is 3.70 Å². The van der Waals surface area contributed by atoms with Gasteiger partial charge in [0.25, 0.3) is 0 Å². The molecular formula is C96H81BBr2IN5O2. The molecule has 13 aromatic carbocycles. The van der Waals surface area contributed by atoms with E-state index in [1.54, 1.807) is 6.20 Å². The molecule has 4 heterocycles. The fraction of sp³-hybridized carbons (Fsp3) is 0.156. The van der Waals surface area contributed by atoms with Crippen molar-refractivity contribution in [1.82, 2.24) is 15.0 Å². The number of nitrogens with one attached hydrogen (secondary N) is 1. The Kier molecular flexibility index (Phi) is 18.9. The van der Waals surface area contributed by atoms with Crippen molar-refractivity contribution in [2.45, 2.75) is 96.7 Å². The first-order chi connectivity index (χ1) is 51.5. The van der Waals surface area contributed by atoms with Crippen LogP contribution in [0.15, 0.2) is 313 Å². The van der Waals surface area contributed by atoms with E-state index >= 15 is 0 Å². The highest BCUT2D eigenvalue weighted by molar-refractivity contribution is 14.1. The predicted molar refractivity (Wildman–Crippen MR) is 466 cm³/mol. The maximum Gasteiger partial charge on any atom is 0.494 e. The summed E-state index contributed by atoms with van der Waals surface area (Å²) in [6.07, 6.45) is 5.63. The third-order valence-electron chi connectivity index (χ3n) is 22.3. The molecule has 0 radical (unpaired) electrons. The molecule has 0 atom stereocenters. The highest BCUT2D eigenvalue weighted by Gasteiger charge is 2.52. The fourth-order valence-electron chi connectivity index (χ4n) is 16.0. The lowest BCUT2D eigenvalue weighted by Gasteiger charge is -2.32. The zero-order chi connectivity index (χ0) is 74.2. The van der Waals surface area contributed by atoms with Crippen LogP contribution in [-0.4, -0.2) is 33.3 Å². The molecule has 526 valence electrons. The van der Waals surface area contributed by atoms with E-state index in [0.717, 1.165) is 63.5 Å². The van der Waals surface area contributed by atoms with Gasteiger partial charge in [0.15, 0.2) is 0 Å². The van der Waals surface area contributed by atoms with Crippen molar-refractivity contribution < 1.29 is 9.31 Å². The van der Waals surface area contributed by atoms with Gasteiger partial charge in [-0.25, -0.2) is 4.98 Å². The van der Waals surface area contributed by atoms with Gasteiger partial charge in [-0.15, -0.1) is 0 Å². The minimum Gasteiger partial charge on any atom is -0.399 e. The Bertz CT molecular complexity index is 5930. The van der Waals surface area contributed by atoms with E-state index in [1.807, 2.05) is 97.3 Å². The minimum atomic E-state index is -0.324. The molecule has 0 amide bonds. The molecule has 3 aromatic heterocycles. The first-order valence-corrected chi connectivity index (χ1v) is 39.2. The lowest BCUT2D eigenvalue weighted by molar-refractivity contribution is 0.00578. The van der Waals surface area contributed by atoms with Crippen molar-refractivity contribution in [3.63, 3.8) is 0 Å². The molecular weight excluding hydrogens is 1550 g/mol. The Labute approximate surface area is 658 Å². The number of nitrogens with zero attached hydrogens (tertiary/aromatic N) is 4. The van der Waals surface area contributed by atoms with Gasteiger partial charge in [-0.1, -0.05) is 217 Å².